The molecule has 0 saturated carbocycles. The molecule has 41 heavy (non-hydrogen) atoms. The molecule has 12 heteroatoms. The summed E-state index contributed by atoms with van der Waals surface area (Å²) < 4.78 is 47.7. The van der Waals surface area contributed by atoms with Crippen LogP contribution in [0.15, 0.2) is 12.4 Å². The summed E-state index contributed by atoms with van der Waals surface area (Å²) in [5.41, 5.74) is -0.631. The monoisotopic (exact) mass is 617 g/mol. The summed E-state index contributed by atoms with van der Waals surface area (Å²) in [6, 6.07) is -0.294. The Kier molecular flexibility index (Phi) is 13.7. The molecule has 2 unspecified atom stereocenters. The Hall–Kier alpha value is -1.76. The molecular formula is C29H55N3O7SSi. The fourth-order valence-corrected chi connectivity index (χ4v) is 5.93. The first-order chi connectivity index (χ1) is 18.5. The second-order valence-electron chi connectivity index (χ2n) is 14.0. The summed E-state index contributed by atoms with van der Waals surface area (Å²) in [6.45, 7) is 24.4. The highest BCUT2D eigenvalue weighted by Crippen LogP contribution is 2.39. The van der Waals surface area contributed by atoms with Gasteiger partial charge in [0.1, 0.15) is 11.7 Å². The van der Waals surface area contributed by atoms with Gasteiger partial charge >= 0.3 is 6.09 Å². The van der Waals surface area contributed by atoms with Gasteiger partial charge in [-0.15, -0.1) is 0 Å². The van der Waals surface area contributed by atoms with Crippen LogP contribution in [0.3, 0.4) is 0 Å². The zero-order valence-corrected chi connectivity index (χ0v) is 29.3. The number of rotatable bonds is 15. The average molecular weight is 618 g/mol. The molecule has 1 amide bonds. The van der Waals surface area contributed by atoms with Gasteiger partial charge < -0.3 is 19.2 Å². The summed E-state index contributed by atoms with van der Waals surface area (Å²) in [5, 5.41) is 3.03. The van der Waals surface area contributed by atoms with Crippen LogP contribution in [0.4, 0.5) is 4.79 Å². The molecule has 1 rings (SSSR count). The molecular weight excluding hydrogens is 562 g/mol. The number of carbonyl (C=O) groups is 1. The van der Waals surface area contributed by atoms with Gasteiger partial charge in [-0.25, -0.2) is 14.8 Å². The fraction of sp³-hybridized carbons (Fsp3) is 0.828. The number of hydrogen-bond acceptors (Lipinski definition) is 9. The number of aromatic nitrogens is 2. The van der Waals surface area contributed by atoms with Crippen LogP contribution in [0.2, 0.25) is 18.1 Å². The normalized spacial score (nSPS) is 15.5. The predicted molar refractivity (Wildman–Crippen MR) is 165 cm³/mol. The maximum absolute atomic E-state index is 12.8. The molecule has 0 aliphatic rings. The van der Waals surface area contributed by atoms with E-state index in [1.165, 1.54) is 12.4 Å². The zero-order valence-electron chi connectivity index (χ0n) is 27.5. The van der Waals surface area contributed by atoms with Gasteiger partial charge in [0.15, 0.2) is 19.9 Å². The van der Waals surface area contributed by atoms with Crippen molar-refractivity contribution >= 4 is 24.5 Å². The van der Waals surface area contributed by atoms with E-state index in [-0.39, 0.29) is 29.1 Å². The van der Waals surface area contributed by atoms with E-state index >= 15 is 0 Å². The molecule has 0 aromatic carbocycles. The van der Waals surface area contributed by atoms with Crippen LogP contribution in [0.25, 0.3) is 0 Å². The molecule has 0 fully saturated rings. The largest absolute Gasteiger partial charge is 0.488 e. The lowest BCUT2D eigenvalue weighted by Crippen LogP contribution is -2.52. The van der Waals surface area contributed by atoms with Crippen LogP contribution in [0.5, 0.6) is 5.75 Å². The van der Waals surface area contributed by atoms with Gasteiger partial charge in [0.2, 0.25) is 0 Å². The van der Waals surface area contributed by atoms with Crippen LogP contribution in [0, 0.1) is 5.92 Å². The number of hydrogen-bond donors (Lipinski definition) is 1. The van der Waals surface area contributed by atoms with Gasteiger partial charge in [-0.2, -0.15) is 8.42 Å². The first-order valence-corrected chi connectivity index (χ1v) is 19.3. The van der Waals surface area contributed by atoms with E-state index in [9.17, 15) is 13.2 Å². The molecule has 238 valence electrons. The van der Waals surface area contributed by atoms with Crippen LogP contribution in [-0.2, 0) is 23.5 Å². The molecule has 1 aromatic rings. The quantitative estimate of drug-likeness (QED) is 0.167. The lowest BCUT2D eigenvalue weighted by molar-refractivity contribution is 0.0400. The van der Waals surface area contributed by atoms with Crippen molar-refractivity contribution in [3.05, 3.63) is 18.2 Å². The Morgan fingerprint density at radius 1 is 1.00 bits per heavy atom. The Balaban J connectivity index is 3.26. The minimum absolute atomic E-state index is 0.0431. The summed E-state index contributed by atoms with van der Waals surface area (Å²) >= 11 is 0. The maximum Gasteiger partial charge on any atom is 0.407 e. The van der Waals surface area contributed by atoms with Crippen molar-refractivity contribution in [2.75, 3.05) is 6.26 Å². The van der Waals surface area contributed by atoms with Crippen molar-refractivity contribution in [3.63, 3.8) is 0 Å². The minimum Gasteiger partial charge on any atom is -0.488 e. The number of ether oxygens (including phenoxy) is 2. The fourth-order valence-electron chi connectivity index (χ4n) is 3.93. The summed E-state index contributed by atoms with van der Waals surface area (Å²) in [6.07, 6.45) is 4.51. The molecule has 0 bridgehead atoms. The van der Waals surface area contributed by atoms with Gasteiger partial charge in [0.25, 0.3) is 10.1 Å². The number of nitrogens with one attached hydrogen (secondary N) is 1. The lowest BCUT2D eigenvalue weighted by atomic mass is 9.95. The third-order valence-electron chi connectivity index (χ3n) is 6.68. The molecule has 0 aliphatic carbocycles. The second kappa shape index (κ2) is 15.1. The van der Waals surface area contributed by atoms with Crippen molar-refractivity contribution in [2.24, 2.45) is 5.92 Å². The smallest absolute Gasteiger partial charge is 0.407 e. The highest BCUT2D eigenvalue weighted by atomic mass is 32.2. The van der Waals surface area contributed by atoms with Crippen LogP contribution >= 0.6 is 0 Å². The highest BCUT2D eigenvalue weighted by Gasteiger charge is 2.41. The Morgan fingerprint density at radius 2 is 1.56 bits per heavy atom. The molecule has 10 nitrogen and oxygen atoms in total. The molecule has 0 aliphatic heterocycles. The maximum atomic E-state index is 12.8. The van der Waals surface area contributed by atoms with Crippen molar-refractivity contribution in [1.82, 2.24) is 15.3 Å². The SMILES string of the molecule is CC(C)C[C@@H](NC(=O)OC(C)(C)C)C(CCCC(OS(C)(=O)=O)c1ncc(OC(C)C)cn1)O[Si](C)(C)C(C)(C)C. The van der Waals surface area contributed by atoms with Crippen molar-refractivity contribution in [2.45, 2.75) is 143 Å². The zero-order chi connectivity index (χ0) is 31.8. The number of alkyl carbamates (subject to hydrolysis) is 1. The van der Waals surface area contributed by atoms with Crippen LogP contribution < -0.4 is 10.1 Å². The summed E-state index contributed by atoms with van der Waals surface area (Å²) in [5.74, 6) is 1.05. The third-order valence-corrected chi connectivity index (χ3v) is 11.8. The third kappa shape index (κ3) is 14.8. The van der Waals surface area contributed by atoms with E-state index in [2.05, 4.69) is 63.0 Å². The van der Waals surface area contributed by atoms with Gasteiger partial charge in [-0.05, 0) is 84.4 Å². The predicted octanol–water partition coefficient (Wildman–Crippen LogP) is 6.78. The second-order valence-corrected chi connectivity index (χ2v) is 20.3. The lowest BCUT2D eigenvalue weighted by Gasteiger charge is -2.42. The highest BCUT2D eigenvalue weighted by molar-refractivity contribution is 7.86. The van der Waals surface area contributed by atoms with E-state index in [0.29, 0.717) is 37.4 Å². The van der Waals surface area contributed by atoms with E-state index in [1.54, 1.807) is 0 Å². The van der Waals surface area contributed by atoms with Gasteiger partial charge in [0, 0.05) is 0 Å². The van der Waals surface area contributed by atoms with E-state index < -0.39 is 36.2 Å². The Labute approximate surface area is 249 Å². The number of nitrogens with zero attached hydrogens (tertiary/aromatic N) is 2. The van der Waals surface area contributed by atoms with E-state index in [1.807, 2.05) is 34.6 Å². The number of amides is 1. The van der Waals surface area contributed by atoms with Gasteiger partial charge in [0.05, 0.1) is 36.9 Å². The first kappa shape index (κ1) is 37.3. The van der Waals surface area contributed by atoms with Gasteiger partial charge in [-0.1, -0.05) is 34.6 Å². The summed E-state index contributed by atoms with van der Waals surface area (Å²) in [7, 11) is -6.01. The molecule has 0 saturated heterocycles. The molecule has 1 aromatic heterocycles. The standard InChI is InChI=1S/C29H55N3O7SSi/c1-20(2)17-23(32-27(33)37-28(5,6)7)24(39-41(12,13)29(8,9)10)15-14-16-25(38-40(11,34)35)26-30-18-22(19-31-26)36-21(3)4/h18-21,23-25H,14-17H2,1-13H3,(H,32,33)/t23-,24?,25?/m1/s1. The molecule has 3 atom stereocenters. The Bertz CT molecular complexity index is 1050. The van der Waals surface area contributed by atoms with Crippen molar-refractivity contribution in [1.29, 1.82) is 0 Å². The Morgan fingerprint density at radius 3 is 2.00 bits per heavy atom. The molecule has 0 spiro atoms. The number of carbonyl (C=O) groups excluding carboxylic acids is 1. The van der Waals surface area contributed by atoms with Crippen LogP contribution in [-0.4, -0.2) is 62.9 Å². The van der Waals surface area contributed by atoms with Crippen LogP contribution in [0.1, 0.15) is 107 Å². The topological polar surface area (TPSA) is 126 Å². The van der Waals surface area contributed by atoms with Crippen molar-refractivity contribution in [3.8, 4) is 5.75 Å². The summed E-state index contributed by atoms with van der Waals surface area (Å²) in [4.78, 5) is 21.5. The average Bonchev–Trinajstić information content (AvgIpc) is 2.74. The molecule has 1 N–H and O–H groups in total. The first-order valence-electron chi connectivity index (χ1n) is 14.5. The molecule has 1 heterocycles. The van der Waals surface area contributed by atoms with E-state index in [4.69, 9.17) is 18.1 Å². The van der Waals surface area contributed by atoms with E-state index in [0.717, 1.165) is 6.26 Å². The van der Waals surface area contributed by atoms with Gasteiger partial charge in [-0.3, -0.25) is 4.18 Å². The van der Waals surface area contributed by atoms with Crippen molar-refractivity contribution < 1.29 is 31.3 Å². The molecule has 0 radical (unpaired) electrons. The minimum atomic E-state index is -3.77.